The summed E-state index contributed by atoms with van der Waals surface area (Å²) in [7, 11) is 1.37. The molecule has 0 bridgehead atoms. The van der Waals surface area contributed by atoms with Gasteiger partial charge < -0.3 is 5.32 Å². The van der Waals surface area contributed by atoms with Gasteiger partial charge in [0.15, 0.2) is 0 Å². The fourth-order valence-corrected chi connectivity index (χ4v) is 3.05. The van der Waals surface area contributed by atoms with Gasteiger partial charge >= 0.3 is 0 Å². The molecule has 0 aromatic carbocycles. The molecule has 0 rings (SSSR count). The van der Waals surface area contributed by atoms with Crippen molar-refractivity contribution in [3.63, 3.8) is 0 Å². The van der Waals surface area contributed by atoms with Crippen LogP contribution in [0.5, 0.6) is 0 Å². The molecule has 0 amide bonds. The van der Waals surface area contributed by atoms with E-state index in [2.05, 4.69) is 12.2 Å². The van der Waals surface area contributed by atoms with Crippen molar-refractivity contribution < 1.29 is 0 Å². The van der Waals surface area contributed by atoms with Crippen LogP contribution in [0.3, 0.4) is 0 Å². The maximum atomic E-state index is 3.55. The van der Waals surface area contributed by atoms with Crippen LogP contribution in [0.2, 0.25) is 6.04 Å². The zero-order valence-corrected chi connectivity index (χ0v) is 16.5. The second-order valence-electron chi connectivity index (χ2n) is 6.35. The van der Waals surface area contributed by atoms with Crippen LogP contribution in [-0.2, 0) is 0 Å². The number of hydrogen-bond donors (Lipinski definition) is 1. The van der Waals surface area contributed by atoms with Gasteiger partial charge in [-0.3, -0.25) is 0 Å². The van der Waals surface area contributed by atoms with Crippen molar-refractivity contribution in [1.29, 1.82) is 0 Å². The lowest BCUT2D eigenvalue weighted by molar-refractivity contribution is 0.532. The molecule has 1 nitrogen and oxygen atoms in total. The van der Waals surface area contributed by atoms with Crippen LogP contribution >= 0.6 is 0 Å². The Kier molecular flexibility index (Phi) is 19.3. The molecular formula is C18H41NSi. The molecule has 0 atom stereocenters. The monoisotopic (exact) mass is 299 g/mol. The van der Waals surface area contributed by atoms with Crippen LogP contribution in [-0.4, -0.2) is 23.3 Å². The molecule has 0 aliphatic carbocycles. The summed E-state index contributed by atoms with van der Waals surface area (Å²) in [5, 5.41) is 3.55. The largest absolute Gasteiger partial charge is 0.317 e. The summed E-state index contributed by atoms with van der Waals surface area (Å²) < 4.78 is 0. The first-order valence-corrected chi connectivity index (χ1v) is 11.0. The van der Waals surface area contributed by atoms with E-state index >= 15 is 0 Å². The van der Waals surface area contributed by atoms with Crippen molar-refractivity contribution >= 4 is 10.2 Å². The van der Waals surface area contributed by atoms with Crippen LogP contribution in [0.15, 0.2) is 0 Å². The van der Waals surface area contributed by atoms with Crippen LogP contribution in [0.4, 0.5) is 0 Å². The van der Waals surface area contributed by atoms with Crippen molar-refractivity contribution in [3.8, 4) is 0 Å². The summed E-state index contributed by atoms with van der Waals surface area (Å²) in [4.78, 5) is 0. The summed E-state index contributed by atoms with van der Waals surface area (Å²) >= 11 is 0. The molecule has 0 heterocycles. The van der Waals surface area contributed by atoms with Gasteiger partial charge in [0.05, 0.1) is 0 Å². The average molecular weight is 300 g/mol. The zero-order valence-electron chi connectivity index (χ0n) is 14.5. The Labute approximate surface area is 132 Å². The lowest BCUT2D eigenvalue weighted by Gasteiger charge is -2.04. The number of nitrogens with one attached hydrogen (secondary N) is 1. The van der Waals surface area contributed by atoms with Gasteiger partial charge in [0, 0.05) is 10.2 Å². The van der Waals surface area contributed by atoms with Gasteiger partial charge in [-0.05, 0) is 25.9 Å². The Balaban J connectivity index is 2.89. The fraction of sp³-hybridized carbons (Fsp3) is 1.00. The fourth-order valence-electron chi connectivity index (χ4n) is 2.69. The van der Waals surface area contributed by atoms with Crippen LogP contribution in [0, 0.1) is 0 Å². The van der Waals surface area contributed by atoms with Crippen LogP contribution < -0.4 is 5.32 Å². The van der Waals surface area contributed by atoms with E-state index in [0.717, 1.165) is 0 Å². The molecule has 0 aromatic rings. The van der Waals surface area contributed by atoms with Gasteiger partial charge in [-0.15, -0.1) is 0 Å². The third kappa shape index (κ3) is 18.2. The summed E-state index contributed by atoms with van der Waals surface area (Å²) in [6.07, 6.45) is 20.3. The van der Waals surface area contributed by atoms with E-state index in [-0.39, 0.29) is 0 Å². The van der Waals surface area contributed by atoms with E-state index in [1.54, 1.807) is 0 Å². The maximum absolute atomic E-state index is 3.55. The van der Waals surface area contributed by atoms with Gasteiger partial charge in [-0.25, -0.2) is 0 Å². The highest BCUT2D eigenvalue weighted by atomic mass is 28.1. The predicted molar refractivity (Wildman–Crippen MR) is 97.9 cm³/mol. The van der Waals surface area contributed by atoms with Crippen molar-refractivity contribution in [3.05, 3.63) is 0 Å². The maximum Gasteiger partial charge on any atom is 0.00286 e. The number of hydrogen-bond acceptors (Lipinski definition) is 1. The Morgan fingerprint density at radius 2 is 0.950 bits per heavy atom. The summed E-state index contributed by atoms with van der Waals surface area (Å²) in [6, 6.07) is 1.45. The lowest BCUT2D eigenvalue weighted by Crippen LogP contribution is -2.16. The summed E-state index contributed by atoms with van der Waals surface area (Å²) in [5.41, 5.74) is 0. The molecule has 0 aliphatic heterocycles. The van der Waals surface area contributed by atoms with Gasteiger partial charge in [0.1, 0.15) is 0 Å². The van der Waals surface area contributed by atoms with Crippen molar-refractivity contribution in [2.75, 3.05) is 13.1 Å². The molecule has 0 spiro atoms. The minimum absolute atomic E-state index is 1.25. The van der Waals surface area contributed by atoms with Crippen molar-refractivity contribution in [1.82, 2.24) is 5.32 Å². The SMILES string of the molecule is CCCCCCCCCCCCCCCNCCC[SiH3]. The molecule has 2 heteroatoms. The molecule has 0 saturated heterocycles. The minimum Gasteiger partial charge on any atom is -0.317 e. The highest BCUT2D eigenvalue weighted by Gasteiger charge is 1.93. The second kappa shape index (κ2) is 19.2. The average Bonchev–Trinajstić information content (AvgIpc) is 2.47. The first-order valence-electron chi connectivity index (χ1n) is 9.62. The van der Waals surface area contributed by atoms with E-state index in [9.17, 15) is 0 Å². The van der Waals surface area contributed by atoms with Crippen LogP contribution in [0.1, 0.15) is 96.8 Å². The normalized spacial score (nSPS) is 11.2. The Morgan fingerprint density at radius 1 is 0.550 bits per heavy atom. The molecule has 0 saturated carbocycles. The van der Waals surface area contributed by atoms with E-state index in [1.165, 1.54) is 119 Å². The van der Waals surface area contributed by atoms with Gasteiger partial charge in [0.25, 0.3) is 0 Å². The molecule has 0 fully saturated rings. The Morgan fingerprint density at radius 3 is 1.40 bits per heavy atom. The van der Waals surface area contributed by atoms with Crippen molar-refractivity contribution in [2.45, 2.75) is 103 Å². The van der Waals surface area contributed by atoms with Gasteiger partial charge in [-0.2, -0.15) is 0 Å². The quantitative estimate of drug-likeness (QED) is 0.299. The van der Waals surface area contributed by atoms with E-state index in [4.69, 9.17) is 0 Å². The van der Waals surface area contributed by atoms with Gasteiger partial charge in [0.2, 0.25) is 0 Å². The van der Waals surface area contributed by atoms with Gasteiger partial charge in [-0.1, -0.05) is 90.0 Å². The number of unbranched alkanes of at least 4 members (excludes halogenated alkanes) is 12. The third-order valence-corrected chi connectivity index (χ3v) is 4.87. The van der Waals surface area contributed by atoms with E-state index in [1.807, 2.05) is 0 Å². The predicted octanol–water partition coefficient (Wildman–Crippen LogP) is 4.84. The first-order chi connectivity index (χ1) is 9.91. The molecular weight excluding hydrogens is 258 g/mol. The first kappa shape index (κ1) is 20.2. The van der Waals surface area contributed by atoms with E-state index < -0.39 is 0 Å². The van der Waals surface area contributed by atoms with Crippen molar-refractivity contribution in [2.24, 2.45) is 0 Å². The molecule has 0 aromatic heterocycles. The zero-order chi connectivity index (χ0) is 14.7. The highest BCUT2D eigenvalue weighted by molar-refractivity contribution is 6.08. The molecule has 0 aliphatic rings. The van der Waals surface area contributed by atoms with E-state index in [0.29, 0.717) is 0 Å². The van der Waals surface area contributed by atoms with Crippen LogP contribution in [0.25, 0.3) is 0 Å². The minimum atomic E-state index is 1.25. The molecule has 20 heavy (non-hydrogen) atoms. The Hall–Kier alpha value is 0.177. The topological polar surface area (TPSA) is 12.0 Å². The smallest absolute Gasteiger partial charge is 0.00286 e. The standard InChI is InChI=1S/C18H41NSi/c1-2-3-4-5-6-7-8-9-10-11-12-13-14-16-19-17-15-18-20/h19H,2-18H2,1,20H3. The molecule has 0 unspecified atom stereocenters. The number of rotatable bonds is 17. The third-order valence-electron chi connectivity index (χ3n) is 4.16. The summed E-state index contributed by atoms with van der Waals surface area (Å²) in [6.45, 7) is 4.80. The lowest BCUT2D eigenvalue weighted by atomic mass is 10.0. The summed E-state index contributed by atoms with van der Waals surface area (Å²) in [5.74, 6) is 0. The molecule has 122 valence electrons. The molecule has 0 radical (unpaired) electrons. The molecule has 1 N–H and O–H groups in total. The Bertz CT molecular complexity index is 143. The highest BCUT2D eigenvalue weighted by Crippen LogP contribution is 2.12. The second-order valence-corrected chi connectivity index (χ2v) is 7.35.